The minimum atomic E-state index is -0.624. The number of carbonyl (C=O) groups is 1. The topological polar surface area (TPSA) is 71.8 Å². The number of hydrogen-bond acceptors (Lipinski definition) is 6. The predicted molar refractivity (Wildman–Crippen MR) is 99.7 cm³/mol. The zero-order valence-corrected chi connectivity index (χ0v) is 14.6. The van der Waals surface area contributed by atoms with Crippen LogP contribution in [0.1, 0.15) is 11.3 Å². The molecule has 1 aliphatic heterocycles. The molecule has 0 unspecified atom stereocenters. The number of pyridine rings is 1. The van der Waals surface area contributed by atoms with Crippen LogP contribution in [0.3, 0.4) is 0 Å². The lowest BCUT2D eigenvalue weighted by Crippen LogP contribution is -2.10. The Hall–Kier alpha value is -2.86. The average molecular weight is 352 g/mol. The van der Waals surface area contributed by atoms with Crippen molar-refractivity contribution >= 4 is 34.5 Å². The second-order valence-electron chi connectivity index (χ2n) is 5.34. The molecule has 1 aliphatic rings. The highest BCUT2D eigenvalue weighted by Crippen LogP contribution is 2.40. The molecule has 1 aromatic heterocycles. The van der Waals surface area contributed by atoms with Crippen LogP contribution in [0.5, 0.6) is 0 Å². The van der Waals surface area contributed by atoms with E-state index in [0.29, 0.717) is 21.3 Å². The maximum absolute atomic E-state index is 12.1. The van der Waals surface area contributed by atoms with Gasteiger partial charge in [-0.05, 0) is 42.8 Å². The largest absolute Gasteiger partial charge is 0.506 e. The summed E-state index contributed by atoms with van der Waals surface area (Å²) >= 11 is 1.21. The number of carbonyl (C=O) groups excluding carboxylic acids is 1. The number of nitrogens with zero attached hydrogens (tertiary/aromatic N) is 2. The first-order chi connectivity index (χ1) is 12.1. The molecule has 0 fully saturated rings. The third kappa shape index (κ3) is 3.80. The standard InChI is InChI=1S/C19H16N2O3S/c1-12-6-5-8-14(10-12)21-18-16(19(23)24-2)17(22)15(25-18)11-13-7-3-4-9-20-13/h3-11,22H,1-2H3/b15-11+,21-18?. The molecule has 5 nitrogen and oxygen atoms in total. The van der Waals surface area contributed by atoms with E-state index in [4.69, 9.17) is 4.74 Å². The first kappa shape index (κ1) is 17.0. The summed E-state index contributed by atoms with van der Waals surface area (Å²) in [5.74, 6) is -0.769. The smallest absolute Gasteiger partial charge is 0.344 e. The molecule has 1 aromatic carbocycles. The van der Waals surface area contributed by atoms with Gasteiger partial charge in [0.2, 0.25) is 0 Å². The van der Waals surface area contributed by atoms with Crippen LogP contribution in [0.25, 0.3) is 6.08 Å². The minimum Gasteiger partial charge on any atom is -0.506 e. The first-order valence-electron chi connectivity index (χ1n) is 7.56. The average Bonchev–Trinajstić information content (AvgIpc) is 2.90. The lowest BCUT2D eigenvalue weighted by Gasteiger charge is -2.02. The van der Waals surface area contributed by atoms with Gasteiger partial charge in [-0.15, -0.1) is 0 Å². The van der Waals surface area contributed by atoms with E-state index in [9.17, 15) is 9.90 Å². The minimum absolute atomic E-state index is 0.0659. The monoisotopic (exact) mass is 352 g/mol. The molecule has 0 bridgehead atoms. The van der Waals surface area contributed by atoms with Crippen molar-refractivity contribution in [2.45, 2.75) is 6.92 Å². The number of benzene rings is 1. The summed E-state index contributed by atoms with van der Waals surface area (Å²) in [5.41, 5.74) is 2.51. The van der Waals surface area contributed by atoms with Crippen molar-refractivity contribution in [1.82, 2.24) is 4.98 Å². The third-order valence-corrected chi connectivity index (χ3v) is 4.50. The zero-order valence-electron chi connectivity index (χ0n) is 13.8. The second kappa shape index (κ2) is 7.36. The van der Waals surface area contributed by atoms with Crippen molar-refractivity contribution in [2.75, 3.05) is 7.11 Å². The quantitative estimate of drug-likeness (QED) is 0.839. The van der Waals surface area contributed by atoms with Crippen LogP contribution in [0.15, 0.2) is 69.9 Å². The van der Waals surface area contributed by atoms with Crippen LogP contribution in [0.2, 0.25) is 0 Å². The number of aliphatic imine (C=N–C) groups is 1. The molecule has 126 valence electrons. The SMILES string of the molecule is COC(=O)C1=C(O)/C(=C\c2ccccn2)SC1=Nc1cccc(C)c1. The molecule has 0 aliphatic carbocycles. The molecule has 0 saturated carbocycles. The van der Waals surface area contributed by atoms with Gasteiger partial charge in [-0.3, -0.25) is 4.98 Å². The number of aliphatic hydroxyl groups is 1. The summed E-state index contributed by atoms with van der Waals surface area (Å²) in [7, 11) is 1.28. The van der Waals surface area contributed by atoms with Crippen molar-refractivity contribution in [3.63, 3.8) is 0 Å². The molecule has 3 rings (SSSR count). The van der Waals surface area contributed by atoms with Crippen LogP contribution in [0, 0.1) is 6.92 Å². The summed E-state index contributed by atoms with van der Waals surface area (Å²) in [6, 6.07) is 13.1. The molecule has 2 aromatic rings. The fourth-order valence-corrected chi connectivity index (χ4v) is 3.32. The number of ether oxygens (including phenoxy) is 1. The van der Waals surface area contributed by atoms with E-state index >= 15 is 0 Å². The highest BCUT2D eigenvalue weighted by molar-refractivity contribution is 8.18. The maximum atomic E-state index is 12.1. The van der Waals surface area contributed by atoms with Gasteiger partial charge in [0.15, 0.2) is 0 Å². The van der Waals surface area contributed by atoms with E-state index < -0.39 is 5.97 Å². The van der Waals surface area contributed by atoms with Gasteiger partial charge in [-0.1, -0.05) is 30.0 Å². The molecule has 0 spiro atoms. The lowest BCUT2D eigenvalue weighted by molar-refractivity contribution is -0.135. The molecule has 0 saturated heterocycles. The number of methoxy groups -OCH3 is 1. The molecule has 6 heteroatoms. The molecule has 1 N–H and O–H groups in total. The van der Waals surface area contributed by atoms with Crippen LogP contribution in [-0.4, -0.2) is 28.2 Å². The van der Waals surface area contributed by atoms with Gasteiger partial charge in [-0.25, -0.2) is 9.79 Å². The lowest BCUT2D eigenvalue weighted by atomic mass is 10.2. The zero-order chi connectivity index (χ0) is 17.8. The number of aromatic nitrogens is 1. The van der Waals surface area contributed by atoms with Gasteiger partial charge in [0.05, 0.1) is 23.4 Å². The Balaban J connectivity index is 2.05. The Kier molecular flexibility index (Phi) is 5.00. The van der Waals surface area contributed by atoms with Crippen molar-refractivity contribution < 1.29 is 14.6 Å². The molecule has 0 amide bonds. The van der Waals surface area contributed by atoms with E-state index in [0.717, 1.165) is 5.56 Å². The van der Waals surface area contributed by atoms with Crippen LogP contribution >= 0.6 is 11.8 Å². The van der Waals surface area contributed by atoms with Gasteiger partial charge in [0.25, 0.3) is 0 Å². The Morgan fingerprint density at radius 3 is 2.80 bits per heavy atom. The normalized spacial score (nSPS) is 17.4. The number of esters is 1. The Morgan fingerprint density at radius 1 is 1.28 bits per heavy atom. The van der Waals surface area contributed by atoms with Gasteiger partial charge in [0.1, 0.15) is 16.4 Å². The van der Waals surface area contributed by atoms with E-state index in [2.05, 4.69) is 9.98 Å². The highest BCUT2D eigenvalue weighted by atomic mass is 32.2. The van der Waals surface area contributed by atoms with Crippen molar-refractivity contribution in [2.24, 2.45) is 4.99 Å². The summed E-state index contributed by atoms with van der Waals surface area (Å²) in [6.07, 6.45) is 3.37. The predicted octanol–water partition coefficient (Wildman–Crippen LogP) is 4.19. The van der Waals surface area contributed by atoms with E-state index in [-0.39, 0.29) is 11.3 Å². The van der Waals surface area contributed by atoms with Crippen LogP contribution < -0.4 is 0 Å². The van der Waals surface area contributed by atoms with E-state index in [1.54, 1.807) is 12.3 Å². The van der Waals surface area contributed by atoms with Gasteiger partial charge in [0, 0.05) is 6.20 Å². The Labute approximate surface area is 149 Å². The maximum Gasteiger partial charge on any atom is 0.344 e. The van der Waals surface area contributed by atoms with Crippen molar-refractivity contribution in [1.29, 1.82) is 0 Å². The molecule has 25 heavy (non-hydrogen) atoms. The summed E-state index contributed by atoms with van der Waals surface area (Å²) in [5, 5.41) is 10.9. The fraction of sp³-hybridized carbons (Fsp3) is 0.105. The second-order valence-corrected chi connectivity index (χ2v) is 6.37. The summed E-state index contributed by atoms with van der Waals surface area (Å²) < 4.78 is 4.80. The van der Waals surface area contributed by atoms with Gasteiger partial charge < -0.3 is 9.84 Å². The third-order valence-electron chi connectivity index (χ3n) is 3.48. The van der Waals surface area contributed by atoms with Crippen molar-refractivity contribution in [3.8, 4) is 0 Å². The summed E-state index contributed by atoms with van der Waals surface area (Å²) in [4.78, 5) is 21.3. The fourth-order valence-electron chi connectivity index (χ4n) is 2.30. The van der Waals surface area contributed by atoms with Crippen LogP contribution in [0.4, 0.5) is 5.69 Å². The molecular formula is C19H16N2O3S. The van der Waals surface area contributed by atoms with Crippen molar-refractivity contribution in [3.05, 3.63) is 76.2 Å². The number of hydrogen-bond donors (Lipinski definition) is 1. The Morgan fingerprint density at radius 2 is 2.12 bits per heavy atom. The number of rotatable bonds is 3. The van der Waals surface area contributed by atoms with E-state index in [1.807, 2.05) is 49.4 Å². The molecule has 2 heterocycles. The van der Waals surface area contributed by atoms with Gasteiger partial charge >= 0.3 is 5.97 Å². The number of aliphatic hydroxyl groups excluding tert-OH is 1. The van der Waals surface area contributed by atoms with Crippen LogP contribution in [-0.2, 0) is 9.53 Å². The highest BCUT2D eigenvalue weighted by Gasteiger charge is 2.33. The van der Waals surface area contributed by atoms with E-state index in [1.165, 1.54) is 18.9 Å². The molecule has 0 radical (unpaired) electrons. The Bertz CT molecular complexity index is 902. The molecule has 0 atom stereocenters. The summed E-state index contributed by atoms with van der Waals surface area (Å²) in [6.45, 7) is 1.96. The number of aryl methyl sites for hydroxylation is 1. The molecular weight excluding hydrogens is 336 g/mol. The number of thioether (sulfide) groups is 1. The van der Waals surface area contributed by atoms with Gasteiger partial charge in [-0.2, -0.15) is 0 Å². The first-order valence-corrected chi connectivity index (χ1v) is 8.38.